The third-order valence-corrected chi connectivity index (χ3v) is 2.73. The number of benzene rings is 1. The van der Waals surface area contributed by atoms with Crippen molar-refractivity contribution in [1.29, 1.82) is 0 Å². The highest BCUT2D eigenvalue weighted by atomic mass is 16.1. The molecule has 2 nitrogen and oxygen atoms in total. The highest BCUT2D eigenvalue weighted by molar-refractivity contribution is 5.93. The summed E-state index contributed by atoms with van der Waals surface area (Å²) in [5, 5.41) is 1.18. The van der Waals surface area contributed by atoms with E-state index in [1.807, 2.05) is 24.4 Å². The summed E-state index contributed by atoms with van der Waals surface area (Å²) in [4.78, 5) is 11.4. The van der Waals surface area contributed by atoms with Crippen LogP contribution in [0.2, 0.25) is 0 Å². The molecule has 0 spiro atoms. The van der Waals surface area contributed by atoms with Crippen LogP contribution in [0.25, 0.3) is 10.9 Å². The molecule has 0 N–H and O–H groups in total. The van der Waals surface area contributed by atoms with Crippen LogP contribution in [-0.2, 0) is 0 Å². The smallest absolute Gasteiger partial charge is 0.227 e. The zero-order chi connectivity index (χ0) is 11.0. The largest absolute Gasteiger partial charge is 0.287 e. The summed E-state index contributed by atoms with van der Waals surface area (Å²) in [6.07, 6.45) is 1.85. The lowest BCUT2D eigenvalue weighted by molar-refractivity contribution is 0.0941. The van der Waals surface area contributed by atoms with Gasteiger partial charge in [-0.3, -0.25) is 9.36 Å². The first kappa shape index (κ1) is 9.97. The molecule has 15 heavy (non-hydrogen) atoms. The minimum atomic E-state index is 0.0610. The predicted molar refractivity (Wildman–Crippen MR) is 62.3 cm³/mol. The van der Waals surface area contributed by atoms with E-state index < -0.39 is 0 Å². The Kier molecular flexibility index (Phi) is 2.35. The molecule has 1 aromatic carbocycles. The van der Waals surface area contributed by atoms with Crippen LogP contribution in [0, 0.1) is 0 Å². The van der Waals surface area contributed by atoms with Gasteiger partial charge in [-0.15, -0.1) is 0 Å². The van der Waals surface area contributed by atoms with Crippen molar-refractivity contribution < 1.29 is 4.79 Å². The van der Waals surface area contributed by atoms with Crippen LogP contribution in [-0.4, -0.2) is 10.5 Å². The number of fused-ring (bicyclic) bond motifs is 1. The van der Waals surface area contributed by atoms with Gasteiger partial charge in [0.25, 0.3) is 0 Å². The van der Waals surface area contributed by atoms with Crippen molar-refractivity contribution in [3.63, 3.8) is 0 Å². The van der Waals surface area contributed by atoms with Crippen LogP contribution >= 0.6 is 0 Å². The van der Waals surface area contributed by atoms with Crippen molar-refractivity contribution in [3.8, 4) is 0 Å². The van der Waals surface area contributed by atoms with Gasteiger partial charge in [0.1, 0.15) is 0 Å². The molecule has 2 aromatic rings. The van der Waals surface area contributed by atoms with Gasteiger partial charge in [-0.25, -0.2) is 0 Å². The van der Waals surface area contributed by atoms with Crippen molar-refractivity contribution in [2.45, 2.75) is 26.7 Å². The zero-order valence-electron chi connectivity index (χ0n) is 9.32. The summed E-state index contributed by atoms with van der Waals surface area (Å²) in [6, 6.07) is 8.14. The second-order valence-electron chi connectivity index (χ2n) is 4.14. The van der Waals surface area contributed by atoms with Gasteiger partial charge in [-0.1, -0.05) is 26.0 Å². The summed E-state index contributed by atoms with van der Waals surface area (Å²) in [5.41, 5.74) is 2.31. The average molecular weight is 201 g/mol. The molecule has 0 radical (unpaired) electrons. The average Bonchev–Trinajstić information content (AvgIpc) is 2.59. The maximum absolute atomic E-state index is 11.4. The van der Waals surface area contributed by atoms with Gasteiger partial charge in [-0.05, 0) is 23.6 Å². The molecule has 0 aliphatic heterocycles. The molecule has 0 unspecified atom stereocenters. The minimum Gasteiger partial charge on any atom is -0.287 e. The molecule has 0 fully saturated rings. The highest BCUT2D eigenvalue weighted by Crippen LogP contribution is 2.25. The lowest BCUT2D eigenvalue weighted by atomic mass is 9.99. The number of rotatable bonds is 1. The normalized spacial score (nSPS) is 11.2. The van der Waals surface area contributed by atoms with E-state index in [1.165, 1.54) is 10.9 Å². The molecule has 0 aliphatic rings. The van der Waals surface area contributed by atoms with Crippen LogP contribution < -0.4 is 0 Å². The van der Waals surface area contributed by atoms with Gasteiger partial charge in [-0.2, -0.15) is 0 Å². The summed E-state index contributed by atoms with van der Waals surface area (Å²) >= 11 is 0. The summed E-state index contributed by atoms with van der Waals surface area (Å²) in [7, 11) is 0. The van der Waals surface area contributed by atoms with E-state index in [9.17, 15) is 4.79 Å². The molecule has 0 aliphatic carbocycles. The molecule has 78 valence electrons. The van der Waals surface area contributed by atoms with Crippen LogP contribution in [0.15, 0.2) is 30.5 Å². The maximum atomic E-state index is 11.4. The fraction of sp³-hybridized carbons (Fsp3) is 0.308. The van der Waals surface area contributed by atoms with Crippen molar-refractivity contribution in [2.75, 3.05) is 0 Å². The number of aromatic nitrogens is 1. The minimum absolute atomic E-state index is 0.0610. The molecule has 0 saturated heterocycles. The van der Waals surface area contributed by atoms with Gasteiger partial charge in [0.15, 0.2) is 0 Å². The third kappa shape index (κ3) is 1.56. The Morgan fingerprint density at radius 3 is 2.60 bits per heavy atom. The topological polar surface area (TPSA) is 22.0 Å². The first-order chi connectivity index (χ1) is 7.11. The van der Waals surface area contributed by atoms with Gasteiger partial charge in [0.05, 0.1) is 5.52 Å². The van der Waals surface area contributed by atoms with Crippen molar-refractivity contribution >= 4 is 16.8 Å². The van der Waals surface area contributed by atoms with Crippen molar-refractivity contribution in [2.24, 2.45) is 0 Å². The molecule has 1 aromatic heterocycles. The molecule has 0 amide bonds. The van der Waals surface area contributed by atoms with E-state index in [1.54, 1.807) is 11.5 Å². The number of hydrogen-bond donors (Lipinski definition) is 0. The monoisotopic (exact) mass is 201 g/mol. The first-order valence-corrected chi connectivity index (χ1v) is 5.22. The summed E-state index contributed by atoms with van der Waals surface area (Å²) in [5.74, 6) is 0.544. The van der Waals surface area contributed by atoms with Crippen molar-refractivity contribution in [3.05, 3.63) is 36.0 Å². The number of carbonyl (C=O) groups excluding carboxylic acids is 1. The van der Waals surface area contributed by atoms with Gasteiger partial charge < -0.3 is 0 Å². The van der Waals surface area contributed by atoms with E-state index in [-0.39, 0.29) is 5.91 Å². The van der Waals surface area contributed by atoms with Crippen LogP contribution in [0.1, 0.15) is 37.0 Å². The Morgan fingerprint density at radius 2 is 2.00 bits per heavy atom. The van der Waals surface area contributed by atoms with E-state index in [0.29, 0.717) is 5.92 Å². The third-order valence-electron chi connectivity index (χ3n) is 2.73. The van der Waals surface area contributed by atoms with Crippen molar-refractivity contribution in [1.82, 2.24) is 4.57 Å². The summed E-state index contributed by atoms with van der Waals surface area (Å²) in [6.45, 7) is 5.92. The summed E-state index contributed by atoms with van der Waals surface area (Å²) < 4.78 is 1.70. The standard InChI is InChI=1S/C13H15NO/c1-9(2)11-5-4-6-13-12(11)7-8-14(13)10(3)15/h4-9H,1-3H3. The van der Waals surface area contributed by atoms with E-state index >= 15 is 0 Å². The second-order valence-corrected chi connectivity index (χ2v) is 4.14. The zero-order valence-corrected chi connectivity index (χ0v) is 9.32. The van der Waals surface area contributed by atoms with Gasteiger partial charge >= 0.3 is 0 Å². The van der Waals surface area contributed by atoms with Gasteiger partial charge in [0.2, 0.25) is 5.91 Å². The Balaban J connectivity index is 2.74. The number of nitrogens with zero attached hydrogens (tertiary/aromatic N) is 1. The molecular weight excluding hydrogens is 186 g/mol. The Morgan fingerprint density at radius 1 is 1.27 bits per heavy atom. The predicted octanol–water partition coefficient (Wildman–Crippen LogP) is 3.42. The van der Waals surface area contributed by atoms with Crippen LogP contribution in [0.5, 0.6) is 0 Å². The molecule has 0 bridgehead atoms. The fourth-order valence-corrected chi connectivity index (χ4v) is 1.97. The van der Waals surface area contributed by atoms with E-state index in [2.05, 4.69) is 19.9 Å². The van der Waals surface area contributed by atoms with E-state index in [0.717, 1.165) is 5.52 Å². The lowest BCUT2D eigenvalue weighted by Gasteiger charge is -2.07. The van der Waals surface area contributed by atoms with Crippen LogP contribution in [0.3, 0.4) is 0 Å². The van der Waals surface area contributed by atoms with Gasteiger partial charge in [0, 0.05) is 18.5 Å². The molecule has 1 heterocycles. The van der Waals surface area contributed by atoms with E-state index in [4.69, 9.17) is 0 Å². The van der Waals surface area contributed by atoms with Crippen LogP contribution in [0.4, 0.5) is 0 Å². The Bertz CT molecular complexity index is 508. The molecule has 2 heteroatoms. The fourth-order valence-electron chi connectivity index (χ4n) is 1.97. The SMILES string of the molecule is CC(=O)n1ccc2c(C(C)C)cccc21. The quantitative estimate of drug-likeness (QED) is 0.692. The second kappa shape index (κ2) is 3.54. The number of carbonyl (C=O) groups is 1. The maximum Gasteiger partial charge on any atom is 0.227 e. The first-order valence-electron chi connectivity index (χ1n) is 5.22. The Hall–Kier alpha value is -1.57. The molecule has 0 atom stereocenters. The lowest BCUT2D eigenvalue weighted by Crippen LogP contribution is -2.03. The molecule has 0 saturated carbocycles. The number of hydrogen-bond acceptors (Lipinski definition) is 1. The highest BCUT2D eigenvalue weighted by Gasteiger charge is 2.09. The molecular formula is C13H15NO. The Labute approximate surface area is 89.5 Å². The molecule has 2 rings (SSSR count).